The number of carbonyl (C=O) groups is 2. The molecule has 2 amide bonds. The van der Waals surface area contributed by atoms with Crippen LogP contribution < -0.4 is 10.6 Å². The molecule has 0 saturated carbocycles. The molecule has 0 saturated heterocycles. The van der Waals surface area contributed by atoms with Crippen molar-refractivity contribution in [3.05, 3.63) is 51.5 Å². The summed E-state index contributed by atoms with van der Waals surface area (Å²) in [6, 6.07) is 2.62. The van der Waals surface area contributed by atoms with Gasteiger partial charge in [0.2, 0.25) is 0 Å². The number of hydrogen-bond acceptors (Lipinski definition) is 3. The van der Waals surface area contributed by atoms with Gasteiger partial charge in [-0.05, 0) is 47.0 Å². The van der Waals surface area contributed by atoms with E-state index in [1.165, 1.54) is 11.3 Å². The van der Waals surface area contributed by atoms with Gasteiger partial charge >= 0.3 is 12.0 Å². The fraction of sp³-hybridized carbons (Fsp3) is 0.143. The molecule has 0 spiro atoms. The van der Waals surface area contributed by atoms with Crippen molar-refractivity contribution in [2.45, 2.75) is 13.5 Å². The lowest BCUT2D eigenvalue weighted by Crippen LogP contribution is -2.28. The lowest BCUT2D eigenvalue weighted by Gasteiger charge is -2.09. The zero-order valence-corrected chi connectivity index (χ0v) is 12.0. The monoisotopic (exact) mass is 308 g/mol. The Morgan fingerprint density at radius 3 is 2.71 bits per heavy atom. The minimum atomic E-state index is -1.19. The number of aryl methyl sites for hydroxylation is 1. The highest BCUT2D eigenvalue weighted by Crippen LogP contribution is 2.17. The molecule has 0 aliphatic carbocycles. The molecule has 0 fully saturated rings. The van der Waals surface area contributed by atoms with E-state index >= 15 is 0 Å². The zero-order valence-electron chi connectivity index (χ0n) is 11.1. The quantitative estimate of drug-likeness (QED) is 0.811. The smallest absolute Gasteiger partial charge is 0.335 e. The summed E-state index contributed by atoms with van der Waals surface area (Å²) in [6.07, 6.45) is 0. The Labute approximate surface area is 124 Å². The summed E-state index contributed by atoms with van der Waals surface area (Å²) in [5.41, 5.74) is 1.78. The first-order valence-electron chi connectivity index (χ1n) is 6.06. The average Bonchev–Trinajstić information content (AvgIpc) is 2.84. The molecule has 1 aromatic carbocycles. The molecule has 0 atom stereocenters. The summed E-state index contributed by atoms with van der Waals surface area (Å²) in [4.78, 5) is 22.5. The van der Waals surface area contributed by atoms with Crippen molar-refractivity contribution in [1.82, 2.24) is 5.32 Å². The number of aromatic carboxylic acids is 1. The number of carboxylic acid groups (broad SMARTS) is 1. The van der Waals surface area contributed by atoms with Gasteiger partial charge in [-0.2, -0.15) is 11.3 Å². The van der Waals surface area contributed by atoms with Crippen LogP contribution in [0.3, 0.4) is 0 Å². The average molecular weight is 308 g/mol. The molecular formula is C14H13FN2O3S. The van der Waals surface area contributed by atoms with E-state index in [4.69, 9.17) is 5.11 Å². The number of carbonyl (C=O) groups excluding carboxylic acids is 1. The molecule has 3 N–H and O–H groups in total. The molecule has 7 heteroatoms. The number of thiophene rings is 1. The molecule has 0 aliphatic rings. The molecule has 0 bridgehead atoms. The topological polar surface area (TPSA) is 78.4 Å². The number of hydrogen-bond donors (Lipinski definition) is 3. The van der Waals surface area contributed by atoms with E-state index in [0.717, 1.165) is 29.3 Å². The lowest BCUT2D eigenvalue weighted by atomic mass is 10.2. The lowest BCUT2D eigenvalue weighted by molar-refractivity contribution is 0.0697. The molecule has 1 aromatic heterocycles. The number of carboxylic acids is 1. The Morgan fingerprint density at radius 1 is 1.33 bits per heavy atom. The van der Waals surface area contributed by atoms with Crippen LogP contribution in [0.25, 0.3) is 0 Å². The summed E-state index contributed by atoms with van der Waals surface area (Å²) < 4.78 is 13.5. The maximum absolute atomic E-state index is 13.5. The summed E-state index contributed by atoms with van der Waals surface area (Å²) >= 11 is 1.53. The summed E-state index contributed by atoms with van der Waals surface area (Å²) in [5, 5.41) is 17.6. The first-order chi connectivity index (χ1) is 9.97. The van der Waals surface area contributed by atoms with Gasteiger partial charge in [-0.25, -0.2) is 14.0 Å². The van der Waals surface area contributed by atoms with Crippen LogP contribution in [0.15, 0.2) is 29.0 Å². The van der Waals surface area contributed by atoms with Gasteiger partial charge in [0.25, 0.3) is 0 Å². The third kappa shape index (κ3) is 3.79. The Kier molecular flexibility index (Phi) is 4.54. The van der Waals surface area contributed by atoms with Gasteiger partial charge in [0.05, 0.1) is 11.3 Å². The second-order valence-electron chi connectivity index (χ2n) is 4.39. The molecule has 1 heterocycles. The van der Waals surface area contributed by atoms with Crippen LogP contribution in [-0.2, 0) is 6.54 Å². The fourth-order valence-electron chi connectivity index (χ4n) is 1.66. The molecule has 2 aromatic rings. The van der Waals surface area contributed by atoms with E-state index in [1.54, 1.807) is 0 Å². The number of amides is 2. The van der Waals surface area contributed by atoms with Crippen LogP contribution in [0.4, 0.5) is 14.9 Å². The second kappa shape index (κ2) is 6.36. The third-order valence-electron chi connectivity index (χ3n) is 2.86. The Balaban J connectivity index is 2.01. The van der Waals surface area contributed by atoms with Gasteiger partial charge in [0.1, 0.15) is 5.82 Å². The van der Waals surface area contributed by atoms with Crippen molar-refractivity contribution in [2.24, 2.45) is 0 Å². The highest BCUT2D eigenvalue weighted by molar-refractivity contribution is 7.08. The Hall–Kier alpha value is -2.41. The summed E-state index contributed by atoms with van der Waals surface area (Å²) in [6.45, 7) is 2.25. The van der Waals surface area contributed by atoms with Gasteiger partial charge in [0, 0.05) is 6.54 Å². The van der Waals surface area contributed by atoms with Crippen LogP contribution in [0.2, 0.25) is 0 Å². The maximum Gasteiger partial charge on any atom is 0.335 e. The predicted octanol–water partition coefficient (Wildman–Crippen LogP) is 3.22. The van der Waals surface area contributed by atoms with Crippen molar-refractivity contribution in [3.63, 3.8) is 0 Å². The number of nitrogens with one attached hydrogen (secondary N) is 2. The molecule has 110 valence electrons. The largest absolute Gasteiger partial charge is 0.478 e. The first-order valence-corrected chi connectivity index (χ1v) is 7.01. The van der Waals surface area contributed by atoms with Crippen molar-refractivity contribution >= 4 is 29.0 Å². The maximum atomic E-state index is 13.5. The van der Waals surface area contributed by atoms with Crippen LogP contribution >= 0.6 is 11.3 Å². The highest BCUT2D eigenvalue weighted by atomic mass is 32.1. The summed E-state index contributed by atoms with van der Waals surface area (Å²) in [5.74, 6) is -1.88. The minimum absolute atomic E-state index is 0.0969. The van der Waals surface area contributed by atoms with E-state index in [-0.39, 0.29) is 11.3 Å². The molecule has 0 unspecified atom stereocenters. The van der Waals surface area contributed by atoms with Crippen molar-refractivity contribution in [2.75, 3.05) is 5.32 Å². The number of benzene rings is 1. The van der Waals surface area contributed by atoms with E-state index in [0.29, 0.717) is 6.54 Å². The van der Waals surface area contributed by atoms with E-state index < -0.39 is 17.8 Å². The second-order valence-corrected chi connectivity index (χ2v) is 5.13. The Bertz CT molecular complexity index is 685. The number of anilines is 1. The number of urea groups is 1. The minimum Gasteiger partial charge on any atom is -0.478 e. The molecule has 0 aliphatic heterocycles. The van der Waals surface area contributed by atoms with E-state index in [9.17, 15) is 14.0 Å². The third-order valence-corrected chi connectivity index (χ3v) is 3.77. The molecule has 2 rings (SSSR count). The van der Waals surface area contributed by atoms with Crippen LogP contribution in [0, 0.1) is 12.7 Å². The standard InChI is InChI=1S/C14H13FN2O3S/c1-8-6-21-7-10(8)5-16-14(20)17-12-4-9(13(18)19)2-3-11(12)15/h2-4,6-7H,5H2,1H3,(H,18,19)(H2,16,17,20). The van der Waals surface area contributed by atoms with E-state index in [2.05, 4.69) is 10.6 Å². The number of halogens is 1. The van der Waals surface area contributed by atoms with Crippen molar-refractivity contribution in [3.8, 4) is 0 Å². The molecular weight excluding hydrogens is 295 g/mol. The first kappa shape index (κ1) is 15.0. The Morgan fingerprint density at radius 2 is 2.10 bits per heavy atom. The van der Waals surface area contributed by atoms with Crippen LogP contribution in [-0.4, -0.2) is 17.1 Å². The molecule has 21 heavy (non-hydrogen) atoms. The number of rotatable bonds is 4. The predicted molar refractivity (Wildman–Crippen MR) is 78.3 cm³/mol. The van der Waals surface area contributed by atoms with Gasteiger partial charge in [-0.3, -0.25) is 0 Å². The van der Waals surface area contributed by atoms with Crippen LogP contribution in [0.1, 0.15) is 21.5 Å². The zero-order chi connectivity index (χ0) is 15.4. The summed E-state index contributed by atoms with van der Waals surface area (Å²) in [7, 11) is 0. The molecule has 0 radical (unpaired) electrons. The SMILES string of the molecule is Cc1cscc1CNC(=O)Nc1cc(C(=O)O)ccc1F. The van der Waals surface area contributed by atoms with Gasteiger partial charge < -0.3 is 15.7 Å². The van der Waals surface area contributed by atoms with Gasteiger partial charge in [-0.1, -0.05) is 0 Å². The fourth-order valence-corrected chi connectivity index (χ4v) is 2.52. The highest BCUT2D eigenvalue weighted by Gasteiger charge is 2.11. The molecule has 5 nitrogen and oxygen atoms in total. The van der Waals surface area contributed by atoms with Crippen molar-refractivity contribution in [1.29, 1.82) is 0 Å². The van der Waals surface area contributed by atoms with Crippen LogP contribution in [0.5, 0.6) is 0 Å². The van der Waals surface area contributed by atoms with Crippen molar-refractivity contribution < 1.29 is 19.1 Å². The van der Waals surface area contributed by atoms with Gasteiger partial charge in [-0.15, -0.1) is 0 Å². The normalized spacial score (nSPS) is 10.2. The van der Waals surface area contributed by atoms with Gasteiger partial charge in [0.15, 0.2) is 0 Å². The van der Waals surface area contributed by atoms with E-state index in [1.807, 2.05) is 17.7 Å².